The molecule has 9 heteroatoms. The SMILES string of the molecule is CC(C)(C)C.O=CNCCCCCO.O=CNc1cc(Cl)c(F)cc1[C@@H]1CNC[C@@H]1c1cccc(Cl)c1. The number of aliphatic hydroxyl groups is 1. The average Bonchev–Trinajstić information content (AvgIpc) is 3.31. The number of anilines is 1. The van der Waals surface area contributed by atoms with Crippen LogP contribution >= 0.6 is 23.2 Å². The molecular formula is C28H40Cl2FN3O3. The first-order valence-electron chi connectivity index (χ1n) is 12.4. The molecule has 2 aromatic carbocycles. The van der Waals surface area contributed by atoms with Crippen molar-refractivity contribution in [2.24, 2.45) is 5.41 Å². The van der Waals surface area contributed by atoms with Crippen molar-refractivity contribution in [3.8, 4) is 0 Å². The number of carbonyl (C=O) groups is 2. The zero-order chi connectivity index (χ0) is 27.8. The predicted molar refractivity (Wildman–Crippen MR) is 151 cm³/mol. The molecule has 1 fully saturated rings. The first-order valence-corrected chi connectivity index (χ1v) is 13.2. The number of nitrogens with one attached hydrogen (secondary N) is 3. The van der Waals surface area contributed by atoms with Crippen molar-refractivity contribution in [1.82, 2.24) is 10.6 Å². The number of halogens is 3. The van der Waals surface area contributed by atoms with E-state index >= 15 is 0 Å². The molecule has 4 N–H and O–H groups in total. The average molecular weight is 557 g/mol. The highest BCUT2D eigenvalue weighted by atomic mass is 35.5. The van der Waals surface area contributed by atoms with Gasteiger partial charge in [-0.05, 0) is 60.1 Å². The third-order valence-corrected chi connectivity index (χ3v) is 5.78. The van der Waals surface area contributed by atoms with Gasteiger partial charge in [-0.25, -0.2) is 4.39 Å². The highest BCUT2D eigenvalue weighted by molar-refractivity contribution is 6.31. The van der Waals surface area contributed by atoms with E-state index in [1.165, 1.54) is 12.1 Å². The molecule has 0 spiro atoms. The van der Waals surface area contributed by atoms with Crippen molar-refractivity contribution < 1.29 is 19.1 Å². The molecule has 0 aromatic heterocycles. The van der Waals surface area contributed by atoms with Crippen LogP contribution in [-0.2, 0) is 9.59 Å². The van der Waals surface area contributed by atoms with Gasteiger partial charge in [0, 0.05) is 48.8 Å². The van der Waals surface area contributed by atoms with Crippen LogP contribution < -0.4 is 16.0 Å². The van der Waals surface area contributed by atoms with Gasteiger partial charge in [-0.3, -0.25) is 9.59 Å². The Hall–Kier alpha value is -2.19. The molecular weight excluding hydrogens is 516 g/mol. The van der Waals surface area contributed by atoms with Gasteiger partial charge in [0.05, 0.1) is 5.02 Å². The molecule has 1 heterocycles. The molecule has 3 rings (SSSR count). The smallest absolute Gasteiger partial charge is 0.211 e. The van der Waals surface area contributed by atoms with Crippen LogP contribution in [0.5, 0.6) is 0 Å². The summed E-state index contributed by atoms with van der Waals surface area (Å²) in [4.78, 5) is 20.5. The lowest BCUT2D eigenvalue weighted by atomic mass is 9.83. The summed E-state index contributed by atoms with van der Waals surface area (Å²) in [6.45, 7) is 11.2. The topological polar surface area (TPSA) is 90.5 Å². The van der Waals surface area contributed by atoms with Crippen molar-refractivity contribution in [1.29, 1.82) is 0 Å². The van der Waals surface area contributed by atoms with Crippen molar-refractivity contribution in [2.75, 3.05) is 31.6 Å². The fourth-order valence-electron chi connectivity index (χ4n) is 3.72. The Kier molecular flexibility index (Phi) is 15.4. The van der Waals surface area contributed by atoms with Crippen LogP contribution in [0, 0.1) is 11.2 Å². The number of hydrogen-bond acceptors (Lipinski definition) is 4. The Labute approximate surface area is 230 Å². The van der Waals surface area contributed by atoms with Crippen molar-refractivity contribution >= 4 is 41.7 Å². The number of aliphatic hydroxyl groups excluding tert-OH is 1. The minimum Gasteiger partial charge on any atom is -0.396 e. The molecule has 1 aliphatic rings. The summed E-state index contributed by atoms with van der Waals surface area (Å²) in [7, 11) is 0. The second-order valence-electron chi connectivity index (χ2n) is 10.4. The van der Waals surface area contributed by atoms with Gasteiger partial charge < -0.3 is 21.1 Å². The third-order valence-electron chi connectivity index (χ3n) is 5.26. The maximum atomic E-state index is 14.0. The fourth-order valence-corrected chi connectivity index (χ4v) is 4.09. The van der Waals surface area contributed by atoms with Gasteiger partial charge in [-0.1, -0.05) is 63.0 Å². The van der Waals surface area contributed by atoms with Crippen LogP contribution in [0.15, 0.2) is 36.4 Å². The first kappa shape index (κ1) is 32.8. The van der Waals surface area contributed by atoms with Gasteiger partial charge in [0.25, 0.3) is 0 Å². The van der Waals surface area contributed by atoms with Crippen LogP contribution in [0.1, 0.15) is 69.9 Å². The molecule has 1 saturated heterocycles. The highest BCUT2D eigenvalue weighted by Crippen LogP contribution is 2.41. The molecule has 2 amide bonds. The number of amides is 2. The first-order chi connectivity index (χ1) is 17.5. The quantitative estimate of drug-likeness (QED) is 0.210. The normalized spacial score (nSPS) is 16.5. The largest absolute Gasteiger partial charge is 0.396 e. The molecule has 1 aliphatic heterocycles. The van der Waals surface area contributed by atoms with E-state index in [2.05, 4.69) is 43.6 Å². The van der Waals surface area contributed by atoms with E-state index in [-0.39, 0.29) is 23.5 Å². The highest BCUT2D eigenvalue weighted by Gasteiger charge is 2.32. The van der Waals surface area contributed by atoms with E-state index in [0.717, 1.165) is 43.5 Å². The molecule has 0 unspecified atom stereocenters. The van der Waals surface area contributed by atoms with E-state index in [9.17, 15) is 14.0 Å². The second kappa shape index (κ2) is 17.3. The molecule has 0 radical (unpaired) electrons. The van der Waals surface area contributed by atoms with Gasteiger partial charge in [0.1, 0.15) is 5.82 Å². The number of rotatable bonds is 10. The maximum Gasteiger partial charge on any atom is 0.211 e. The summed E-state index contributed by atoms with van der Waals surface area (Å²) in [5.41, 5.74) is 2.85. The summed E-state index contributed by atoms with van der Waals surface area (Å²) in [5.74, 6) is -0.334. The molecule has 37 heavy (non-hydrogen) atoms. The lowest BCUT2D eigenvalue weighted by Gasteiger charge is -2.22. The van der Waals surface area contributed by atoms with E-state index in [1.807, 2.05) is 24.3 Å². The molecule has 6 nitrogen and oxygen atoms in total. The molecule has 2 aromatic rings. The number of hydrogen-bond donors (Lipinski definition) is 4. The Balaban J connectivity index is 0.000000406. The molecule has 0 bridgehead atoms. The van der Waals surface area contributed by atoms with E-state index in [4.69, 9.17) is 28.3 Å². The Bertz CT molecular complexity index is 964. The lowest BCUT2D eigenvalue weighted by molar-refractivity contribution is -0.109. The fraction of sp³-hybridized carbons (Fsp3) is 0.500. The maximum absolute atomic E-state index is 14.0. The Morgan fingerprint density at radius 1 is 1.03 bits per heavy atom. The van der Waals surface area contributed by atoms with Gasteiger partial charge in [-0.2, -0.15) is 0 Å². The Morgan fingerprint density at radius 3 is 2.30 bits per heavy atom. The van der Waals surface area contributed by atoms with E-state index < -0.39 is 5.82 Å². The number of benzene rings is 2. The Morgan fingerprint density at radius 2 is 1.70 bits per heavy atom. The summed E-state index contributed by atoms with van der Waals surface area (Å²) in [6.07, 6.45) is 4.04. The van der Waals surface area contributed by atoms with Gasteiger partial charge >= 0.3 is 0 Å². The zero-order valence-corrected chi connectivity index (χ0v) is 23.6. The van der Waals surface area contributed by atoms with Gasteiger partial charge in [0.2, 0.25) is 12.8 Å². The van der Waals surface area contributed by atoms with Crippen LogP contribution in [-0.4, -0.2) is 44.2 Å². The van der Waals surface area contributed by atoms with Crippen LogP contribution in [0.3, 0.4) is 0 Å². The molecule has 2 atom stereocenters. The summed E-state index contributed by atoms with van der Waals surface area (Å²) < 4.78 is 14.0. The lowest BCUT2D eigenvalue weighted by Crippen LogP contribution is -2.12. The minimum atomic E-state index is -0.491. The summed E-state index contributed by atoms with van der Waals surface area (Å²) in [6, 6.07) is 10.5. The summed E-state index contributed by atoms with van der Waals surface area (Å²) >= 11 is 11.9. The minimum absolute atomic E-state index is 0.0108. The standard InChI is InChI=1S/C17H15Cl2FN2O.C6H13NO2.C5H12/c18-11-3-1-2-10(4-11)13-7-21-8-14(13)12-5-16(20)15(19)6-17(12)22-9-23;8-5-3-1-2-4-7-6-9;1-5(2,3)4/h1-6,9,13-14,21H,7-8H2,(H,22,23);6,8H,1-5H2,(H,7,9);1-4H3/t13-,14+;;/m1../s1. The number of unbranched alkanes of at least 4 members (excludes halogenated alkanes) is 2. The van der Waals surface area contributed by atoms with Gasteiger partial charge in [-0.15, -0.1) is 0 Å². The van der Waals surface area contributed by atoms with E-state index in [1.54, 1.807) is 0 Å². The zero-order valence-electron chi connectivity index (χ0n) is 22.1. The van der Waals surface area contributed by atoms with Crippen molar-refractivity contribution in [3.05, 3.63) is 63.4 Å². The van der Waals surface area contributed by atoms with E-state index in [0.29, 0.717) is 35.5 Å². The summed E-state index contributed by atoms with van der Waals surface area (Å²) in [5, 5.41) is 17.5. The second-order valence-corrected chi connectivity index (χ2v) is 11.2. The predicted octanol–water partition coefficient (Wildman–Crippen LogP) is 6.12. The molecule has 206 valence electrons. The van der Waals surface area contributed by atoms with Gasteiger partial charge in [0.15, 0.2) is 0 Å². The third kappa shape index (κ3) is 13.3. The van der Waals surface area contributed by atoms with Crippen LogP contribution in [0.25, 0.3) is 0 Å². The molecule has 0 aliphatic carbocycles. The van der Waals surface area contributed by atoms with Crippen LogP contribution in [0.4, 0.5) is 10.1 Å². The number of carbonyl (C=O) groups excluding carboxylic acids is 2. The van der Waals surface area contributed by atoms with Crippen molar-refractivity contribution in [3.63, 3.8) is 0 Å². The molecule has 0 saturated carbocycles. The van der Waals surface area contributed by atoms with Crippen LogP contribution in [0.2, 0.25) is 10.0 Å². The van der Waals surface area contributed by atoms with Crippen molar-refractivity contribution in [2.45, 2.75) is 58.8 Å². The monoisotopic (exact) mass is 555 g/mol.